The molecule has 0 saturated heterocycles. The van der Waals surface area contributed by atoms with Gasteiger partial charge < -0.3 is 5.11 Å². The van der Waals surface area contributed by atoms with Crippen molar-refractivity contribution in [3.8, 4) is 5.69 Å². The van der Waals surface area contributed by atoms with Crippen LogP contribution in [0.3, 0.4) is 0 Å². The smallest absolute Gasteiger partial charge is 0.304 e. The number of carboxylic acids is 1. The highest BCUT2D eigenvalue weighted by atomic mass is 32.2. The van der Waals surface area contributed by atoms with Crippen LogP contribution in [0.1, 0.15) is 12.0 Å². The molecule has 9 nitrogen and oxygen atoms in total. The molecule has 0 spiro atoms. The van der Waals surface area contributed by atoms with Crippen LogP contribution in [0.5, 0.6) is 0 Å². The number of aliphatic carboxylic acids is 1. The Labute approximate surface area is 120 Å². The average Bonchev–Trinajstić information content (AvgIpc) is 2.93. The Morgan fingerprint density at radius 1 is 1.43 bits per heavy atom. The van der Waals surface area contributed by atoms with Crippen molar-refractivity contribution in [2.45, 2.75) is 13.3 Å². The lowest BCUT2D eigenvalue weighted by molar-refractivity contribution is -0.136. The van der Waals surface area contributed by atoms with Gasteiger partial charge in [0, 0.05) is 0 Å². The Morgan fingerprint density at radius 3 is 2.81 bits per heavy atom. The number of hydrogen-bond acceptors (Lipinski definition) is 6. The average molecular weight is 311 g/mol. The molecule has 10 heteroatoms. The molecule has 2 N–H and O–H groups in total. The highest BCUT2D eigenvalue weighted by Gasteiger charge is 2.14. The van der Waals surface area contributed by atoms with Gasteiger partial charge in [0.25, 0.3) is 0 Å². The number of carboxylic acid groups (broad SMARTS) is 1. The van der Waals surface area contributed by atoms with Gasteiger partial charge in [0.1, 0.15) is 6.33 Å². The van der Waals surface area contributed by atoms with Crippen molar-refractivity contribution in [1.29, 1.82) is 0 Å². The van der Waals surface area contributed by atoms with Crippen LogP contribution in [0.4, 0.5) is 5.69 Å². The van der Waals surface area contributed by atoms with Gasteiger partial charge in [-0.25, -0.2) is 13.1 Å². The molecule has 0 atom stereocenters. The lowest BCUT2D eigenvalue weighted by Crippen LogP contribution is -2.19. The quantitative estimate of drug-likeness (QED) is 0.779. The molecule has 0 aliphatic carbocycles. The number of carbonyl (C=O) groups is 1. The van der Waals surface area contributed by atoms with Crippen LogP contribution in [-0.4, -0.2) is 45.5 Å². The van der Waals surface area contributed by atoms with Crippen LogP contribution in [0, 0.1) is 6.92 Å². The first-order valence-electron chi connectivity index (χ1n) is 5.94. The molecule has 0 aliphatic heterocycles. The van der Waals surface area contributed by atoms with Crippen molar-refractivity contribution in [2.75, 3.05) is 10.5 Å². The van der Waals surface area contributed by atoms with Crippen LogP contribution in [-0.2, 0) is 14.8 Å². The molecule has 1 aromatic carbocycles. The molecule has 0 saturated carbocycles. The number of benzene rings is 1. The molecule has 2 aromatic rings. The second kappa shape index (κ2) is 5.87. The van der Waals surface area contributed by atoms with E-state index >= 15 is 0 Å². The van der Waals surface area contributed by atoms with Crippen molar-refractivity contribution in [3.05, 3.63) is 30.1 Å². The van der Waals surface area contributed by atoms with E-state index in [0.29, 0.717) is 16.9 Å². The van der Waals surface area contributed by atoms with Gasteiger partial charge in [-0.15, -0.1) is 5.10 Å². The number of anilines is 1. The zero-order valence-corrected chi connectivity index (χ0v) is 11.9. The van der Waals surface area contributed by atoms with Crippen molar-refractivity contribution in [2.24, 2.45) is 0 Å². The molecular weight excluding hydrogens is 298 g/mol. The molecule has 21 heavy (non-hydrogen) atoms. The summed E-state index contributed by atoms with van der Waals surface area (Å²) in [7, 11) is -3.73. The standard InChI is InChI=1S/C11H13N5O4S/c1-8-2-3-9(16-7-12-14-15-16)6-10(8)13-21(19,20)5-4-11(17)18/h2-3,6-7,13H,4-5H2,1H3,(H,17,18). The first-order valence-corrected chi connectivity index (χ1v) is 7.59. The maximum Gasteiger partial charge on any atom is 0.304 e. The predicted molar refractivity (Wildman–Crippen MR) is 73.6 cm³/mol. The Balaban J connectivity index is 2.23. The van der Waals surface area contributed by atoms with E-state index in [1.165, 1.54) is 11.0 Å². The van der Waals surface area contributed by atoms with Gasteiger partial charge in [0.2, 0.25) is 10.0 Å². The highest BCUT2D eigenvalue weighted by molar-refractivity contribution is 7.92. The van der Waals surface area contributed by atoms with E-state index in [9.17, 15) is 13.2 Å². The van der Waals surface area contributed by atoms with Gasteiger partial charge in [0.15, 0.2) is 0 Å². The third-order valence-corrected chi connectivity index (χ3v) is 3.96. The number of aryl methyl sites for hydroxylation is 1. The Kier molecular flexibility index (Phi) is 4.17. The summed E-state index contributed by atoms with van der Waals surface area (Å²) in [6.07, 6.45) is 0.925. The van der Waals surface area contributed by atoms with Gasteiger partial charge in [-0.1, -0.05) is 6.07 Å². The van der Waals surface area contributed by atoms with Gasteiger partial charge >= 0.3 is 5.97 Å². The molecule has 1 heterocycles. The fraction of sp³-hybridized carbons (Fsp3) is 0.273. The van der Waals surface area contributed by atoms with Crippen LogP contribution >= 0.6 is 0 Å². The summed E-state index contributed by atoms with van der Waals surface area (Å²) in [6.45, 7) is 1.73. The van der Waals surface area contributed by atoms with Gasteiger partial charge in [-0.05, 0) is 35.0 Å². The Morgan fingerprint density at radius 2 is 2.19 bits per heavy atom. The minimum Gasteiger partial charge on any atom is -0.481 e. The van der Waals surface area contributed by atoms with Crippen LogP contribution in [0.2, 0.25) is 0 Å². The third-order valence-electron chi connectivity index (χ3n) is 2.68. The summed E-state index contributed by atoms with van der Waals surface area (Å²) in [6, 6.07) is 5.02. The van der Waals surface area contributed by atoms with E-state index in [0.717, 1.165) is 0 Å². The highest BCUT2D eigenvalue weighted by Crippen LogP contribution is 2.20. The first kappa shape index (κ1) is 14.9. The molecule has 0 radical (unpaired) electrons. The van der Waals surface area contributed by atoms with Crippen LogP contribution in [0.25, 0.3) is 5.69 Å². The molecule has 112 valence electrons. The minimum absolute atomic E-state index is 0.355. The first-order chi connectivity index (χ1) is 9.87. The van der Waals surface area contributed by atoms with Crippen LogP contribution < -0.4 is 4.72 Å². The number of nitrogens with zero attached hydrogens (tertiary/aromatic N) is 4. The second-order valence-corrected chi connectivity index (χ2v) is 6.16. The van der Waals surface area contributed by atoms with E-state index in [2.05, 4.69) is 20.2 Å². The number of rotatable bonds is 6. The molecular formula is C11H13N5O4S. The Bertz CT molecular complexity index is 742. The summed E-state index contributed by atoms with van der Waals surface area (Å²) in [5.74, 6) is -1.66. The van der Waals surface area contributed by atoms with Crippen molar-refractivity contribution < 1.29 is 18.3 Å². The topological polar surface area (TPSA) is 127 Å². The molecule has 0 amide bonds. The van der Waals surface area contributed by atoms with E-state index < -0.39 is 28.2 Å². The SMILES string of the molecule is Cc1ccc(-n2cnnn2)cc1NS(=O)(=O)CCC(=O)O. The van der Waals surface area contributed by atoms with Crippen molar-refractivity contribution >= 4 is 21.7 Å². The fourth-order valence-electron chi connectivity index (χ4n) is 1.58. The Hall–Kier alpha value is -2.49. The lowest BCUT2D eigenvalue weighted by Gasteiger charge is -2.11. The number of tetrazole rings is 1. The largest absolute Gasteiger partial charge is 0.481 e. The predicted octanol–water partition coefficient (Wildman–Crippen LogP) is 0.187. The molecule has 1 aromatic heterocycles. The van der Waals surface area contributed by atoms with E-state index in [1.54, 1.807) is 25.1 Å². The maximum absolute atomic E-state index is 11.8. The monoisotopic (exact) mass is 311 g/mol. The zero-order valence-electron chi connectivity index (χ0n) is 11.1. The third kappa shape index (κ3) is 3.99. The van der Waals surface area contributed by atoms with E-state index in [4.69, 9.17) is 5.11 Å². The van der Waals surface area contributed by atoms with Crippen LogP contribution in [0.15, 0.2) is 24.5 Å². The van der Waals surface area contributed by atoms with E-state index in [1.807, 2.05) is 0 Å². The minimum atomic E-state index is -3.73. The summed E-state index contributed by atoms with van der Waals surface area (Å²) < 4.78 is 27.4. The summed E-state index contributed by atoms with van der Waals surface area (Å²) >= 11 is 0. The molecule has 2 rings (SSSR count). The molecule has 0 bridgehead atoms. The fourth-order valence-corrected chi connectivity index (χ4v) is 2.68. The molecule has 0 unspecified atom stereocenters. The second-order valence-electron chi connectivity index (χ2n) is 4.32. The van der Waals surface area contributed by atoms with Gasteiger partial charge in [-0.2, -0.15) is 0 Å². The lowest BCUT2D eigenvalue weighted by atomic mass is 10.2. The normalized spacial score (nSPS) is 11.3. The van der Waals surface area contributed by atoms with Crippen molar-refractivity contribution in [1.82, 2.24) is 20.2 Å². The number of sulfonamides is 1. The van der Waals surface area contributed by atoms with E-state index in [-0.39, 0.29) is 0 Å². The van der Waals surface area contributed by atoms with Gasteiger partial charge in [-0.3, -0.25) is 9.52 Å². The summed E-state index contributed by atoms with van der Waals surface area (Å²) in [4.78, 5) is 10.5. The zero-order chi connectivity index (χ0) is 15.5. The molecule has 0 fully saturated rings. The number of nitrogens with one attached hydrogen (secondary N) is 1. The summed E-state index contributed by atoms with van der Waals surface area (Å²) in [5.41, 5.74) is 1.64. The number of hydrogen-bond donors (Lipinski definition) is 2. The molecule has 0 aliphatic rings. The number of aromatic nitrogens is 4. The van der Waals surface area contributed by atoms with Crippen molar-refractivity contribution in [3.63, 3.8) is 0 Å². The maximum atomic E-state index is 11.8. The summed E-state index contributed by atoms with van der Waals surface area (Å²) in [5, 5.41) is 19.3. The van der Waals surface area contributed by atoms with Gasteiger partial charge in [0.05, 0.1) is 23.5 Å².